The first-order valence-corrected chi connectivity index (χ1v) is 11.6. The molecule has 29 heavy (non-hydrogen) atoms. The van der Waals surface area contributed by atoms with E-state index in [1.54, 1.807) is 19.1 Å². The number of nitrogens with one attached hydrogen (secondary N) is 1. The number of amides is 1. The summed E-state index contributed by atoms with van der Waals surface area (Å²) >= 11 is 0. The van der Waals surface area contributed by atoms with Crippen LogP contribution in [0.2, 0.25) is 0 Å². The number of sulfone groups is 1. The SMILES string of the molecule is CCC(CC)(CN)C(=O)NC1CCN(c2ccc(S(=O)(=O)CC)cc2)CC1.Cl.Cl. The molecule has 1 amide bonds. The highest BCUT2D eigenvalue weighted by atomic mass is 35.5. The number of hydrogen-bond acceptors (Lipinski definition) is 5. The molecule has 0 spiro atoms. The van der Waals surface area contributed by atoms with Crippen LogP contribution in [0.1, 0.15) is 46.5 Å². The first-order valence-electron chi connectivity index (χ1n) is 9.90. The second-order valence-electron chi connectivity index (χ2n) is 7.32. The molecule has 1 aromatic carbocycles. The number of halogens is 2. The summed E-state index contributed by atoms with van der Waals surface area (Å²) in [5.74, 6) is 0.180. The second-order valence-corrected chi connectivity index (χ2v) is 9.60. The summed E-state index contributed by atoms with van der Waals surface area (Å²) in [7, 11) is -3.17. The Balaban J connectivity index is 0.00000392. The summed E-state index contributed by atoms with van der Waals surface area (Å²) in [6, 6.07) is 7.27. The van der Waals surface area contributed by atoms with Gasteiger partial charge in [0.15, 0.2) is 9.84 Å². The highest BCUT2D eigenvalue weighted by Crippen LogP contribution is 2.27. The molecule has 6 nitrogen and oxygen atoms in total. The number of benzene rings is 1. The van der Waals surface area contributed by atoms with Gasteiger partial charge in [-0.2, -0.15) is 0 Å². The van der Waals surface area contributed by atoms with Crippen LogP contribution >= 0.6 is 24.8 Å². The van der Waals surface area contributed by atoms with Crippen LogP contribution in [0.4, 0.5) is 5.69 Å². The Hall–Kier alpha value is -1.02. The molecule has 1 aliphatic rings. The highest BCUT2D eigenvalue weighted by molar-refractivity contribution is 7.91. The van der Waals surface area contributed by atoms with Crippen molar-refractivity contribution in [2.24, 2.45) is 11.1 Å². The van der Waals surface area contributed by atoms with Crippen molar-refractivity contribution >= 4 is 46.2 Å². The zero-order valence-corrected chi connectivity index (χ0v) is 20.0. The van der Waals surface area contributed by atoms with Gasteiger partial charge < -0.3 is 16.0 Å². The summed E-state index contributed by atoms with van der Waals surface area (Å²) in [5, 5.41) is 3.20. The van der Waals surface area contributed by atoms with Gasteiger partial charge in [0.2, 0.25) is 5.91 Å². The van der Waals surface area contributed by atoms with E-state index in [1.165, 1.54) is 0 Å². The monoisotopic (exact) mass is 467 g/mol. The average Bonchev–Trinajstić information content (AvgIpc) is 2.70. The van der Waals surface area contributed by atoms with Gasteiger partial charge in [0.05, 0.1) is 16.1 Å². The van der Waals surface area contributed by atoms with E-state index in [2.05, 4.69) is 10.2 Å². The molecule has 168 valence electrons. The van der Waals surface area contributed by atoms with E-state index in [0.29, 0.717) is 11.4 Å². The van der Waals surface area contributed by atoms with Gasteiger partial charge in [-0.1, -0.05) is 20.8 Å². The second kappa shape index (κ2) is 12.0. The molecule has 1 aromatic rings. The third kappa shape index (κ3) is 6.48. The minimum atomic E-state index is -3.17. The van der Waals surface area contributed by atoms with E-state index in [4.69, 9.17) is 5.73 Å². The molecule has 2 rings (SSSR count). The first-order chi connectivity index (χ1) is 12.8. The fourth-order valence-corrected chi connectivity index (χ4v) is 4.49. The third-order valence-corrected chi connectivity index (χ3v) is 7.75. The number of rotatable bonds is 8. The highest BCUT2D eigenvalue weighted by Gasteiger charge is 2.35. The van der Waals surface area contributed by atoms with Crippen LogP contribution in [0.15, 0.2) is 29.2 Å². The lowest BCUT2D eigenvalue weighted by Crippen LogP contribution is -2.51. The lowest BCUT2D eigenvalue weighted by atomic mass is 9.81. The molecule has 0 atom stereocenters. The van der Waals surface area contributed by atoms with E-state index < -0.39 is 15.3 Å². The van der Waals surface area contributed by atoms with Crippen molar-refractivity contribution in [3.63, 3.8) is 0 Å². The summed E-state index contributed by atoms with van der Waals surface area (Å²) in [4.78, 5) is 15.3. The van der Waals surface area contributed by atoms with Gasteiger partial charge in [-0.25, -0.2) is 8.42 Å². The van der Waals surface area contributed by atoms with Crippen LogP contribution in [0.5, 0.6) is 0 Å². The fraction of sp³-hybridized carbons (Fsp3) is 0.650. The number of anilines is 1. The molecular formula is C20H35Cl2N3O3S. The number of piperidine rings is 1. The predicted octanol–water partition coefficient (Wildman–Crippen LogP) is 3.17. The van der Waals surface area contributed by atoms with Crippen LogP contribution in [0, 0.1) is 5.41 Å². The zero-order chi connectivity index (χ0) is 20.1. The largest absolute Gasteiger partial charge is 0.371 e. The number of carbonyl (C=O) groups is 1. The molecule has 1 aliphatic heterocycles. The molecule has 3 N–H and O–H groups in total. The van der Waals surface area contributed by atoms with Gasteiger partial charge in [0.25, 0.3) is 0 Å². The Bertz CT molecular complexity index is 722. The van der Waals surface area contributed by atoms with Crippen molar-refractivity contribution < 1.29 is 13.2 Å². The molecular weight excluding hydrogens is 433 g/mol. The van der Waals surface area contributed by atoms with Gasteiger partial charge >= 0.3 is 0 Å². The molecule has 1 heterocycles. The Morgan fingerprint density at radius 3 is 2.03 bits per heavy atom. The maximum Gasteiger partial charge on any atom is 0.227 e. The topological polar surface area (TPSA) is 92.5 Å². The summed E-state index contributed by atoms with van der Waals surface area (Å²) in [5.41, 5.74) is 6.43. The van der Waals surface area contributed by atoms with Gasteiger partial charge in [-0.3, -0.25) is 4.79 Å². The van der Waals surface area contributed by atoms with Gasteiger partial charge in [0.1, 0.15) is 0 Å². The minimum absolute atomic E-state index is 0. The smallest absolute Gasteiger partial charge is 0.227 e. The summed E-state index contributed by atoms with van der Waals surface area (Å²) in [6.07, 6.45) is 3.24. The third-order valence-electron chi connectivity index (χ3n) is 6.00. The molecule has 0 aromatic heterocycles. The molecule has 0 aliphatic carbocycles. The lowest BCUT2D eigenvalue weighted by Gasteiger charge is -2.36. The number of nitrogens with two attached hydrogens (primary N) is 1. The molecule has 1 saturated heterocycles. The number of nitrogens with zero attached hydrogens (tertiary/aromatic N) is 1. The molecule has 9 heteroatoms. The van der Waals surface area contributed by atoms with Gasteiger partial charge in [-0.15, -0.1) is 24.8 Å². The fourth-order valence-electron chi connectivity index (χ4n) is 3.60. The van der Waals surface area contributed by atoms with Crippen molar-refractivity contribution in [1.82, 2.24) is 5.32 Å². The van der Waals surface area contributed by atoms with E-state index >= 15 is 0 Å². The number of hydrogen-bond donors (Lipinski definition) is 2. The quantitative estimate of drug-likeness (QED) is 0.612. The van der Waals surface area contributed by atoms with E-state index in [9.17, 15) is 13.2 Å². The molecule has 0 radical (unpaired) electrons. The van der Waals surface area contributed by atoms with Crippen molar-refractivity contribution in [2.45, 2.75) is 57.4 Å². The minimum Gasteiger partial charge on any atom is -0.371 e. The number of carbonyl (C=O) groups excluding carboxylic acids is 1. The lowest BCUT2D eigenvalue weighted by molar-refractivity contribution is -0.131. The maximum absolute atomic E-state index is 12.7. The Morgan fingerprint density at radius 1 is 1.10 bits per heavy atom. The molecule has 0 bridgehead atoms. The Labute approximate surface area is 187 Å². The van der Waals surface area contributed by atoms with Gasteiger partial charge in [0, 0.05) is 31.4 Å². The Morgan fingerprint density at radius 2 is 1.62 bits per heavy atom. The van der Waals surface area contributed by atoms with Crippen molar-refractivity contribution in [1.29, 1.82) is 0 Å². The van der Waals surface area contributed by atoms with Gasteiger partial charge in [-0.05, 0) is 49.9 Å². The maximum atomic E-state index is 12.7. The van der Waals surface area contributed by atoms with Crippen LogP contribution in [0.25, 0.3) is 0 Å². The van der Waals surface area contributed by atoms with Crippen molar-refractivity contribution in [3.05, 3.63) is 24.3 Å². The molecule has 0 unspecified atom stereocenters. The van der Waals surface area contributed by atoms with Crippen LogP contribution in [0.3, 0.4) is 0 Å². The molecule has 0 saturated carbocycles. The van der Waals surface area contributed by atoms with E-state index in [0.717, 1.165) is 44.5 Å². The Kier molecular flexibility index (Phi) is 11.6. The van der Waals surface area contributed by atoms with Crippen LogP contribution < -0.4 is 16.0 Å². The van der Waals surface area contributed by atoms with Crippen molar-refractivity contribution in [2.75, 3.05) is 30.3 Å². The van der Waals surface area contributed by atoms with Crippen LogP contribution in [-0.4, -0.2) is 45.8 Å². The standard InChI is InChI=1S/C20H33N3O3S.2ClH/c1-4-20(5-2,15-21)19(24)22-16-11-13-23(14-12-16)17-7-9-18(10-8-17)27(25,26)6-3;;/h7-10,16H,4-6,11-15,21H2,1-3H3,(H,22,24);2*1H. The van der Waals surface area contributed by atoms with Crippen LogP contribution in [-0.2, 0) is 14.6 Å². The molecule has 1 fully saturated rings. The first kappa shape index (κ1) is 28.0. The van der Waals surface area contributed by atoms with E-state index in [-0.39, 0.29) is 42.5 Å². The predicted molar refractivity (Wildman–Crippen MR) is 124 cm³/mol. The van der Waals surface area contributed by atoms with Crippen molar-refractivity contribution in [3.8, 4) is 0 Å². The summed E-state index contributed by atoms with van der Waals surface area (Å²) < 4.78 is 23.9. The van der Waals surface area contributed by atoms with E-state index in [1.807, 2.05) is 26.0 Å². The normalized spacial score (nSPS) is 15.2. The summed E-state index contributed by atoms with van der Waals surface area (Å²) in [6.45, 7) is 7.72. The average molecular weight is 468 g/mol. The zero-order valence-electron chi connectivity index (χ0n) is 17.5.